The Morgan fingerprint density at radius 2 is 1.74 bits per heavy atom. The third-order valence-corrected chi connectivity index (χ3v) is 6.54. The Balaban J connectivity index is 1.26. The van der Waals surface area contributed by atoms with Crippen molar-refractivity contribution in [3.05, 3.63) is 0 Å². The molecular formula is C19H32N2O2. The molecule has 23 heavy (non-hydrogen) atoms. The number of rotatable bonds is 2. The molecule has 2 bridgehead atoms. The first-order valence-corrected chi connectivity index (χ1v) is 9.66. The zero-order chi connectivity index (χ0) is 16.2. The van der Waals surface area contributed by atoms with Crippen molar-refractivity contribution in [2.45, 2.75) is 77.0 Å². The van der Waals surface area contributed by atoms with Crippen LogP contribution < -0.4 is 5.32 Å². The van der Waals surface area contributed by atoms with Crippen LogP contribution in [0.2, 0.25) is 0 Å². The summed E-state index contributed by atoms with van der Waals surface area (Å²) in [5.74, 6) is 4.07. The Kier molecular flexibility index (Phi) is 3.86. The van der Waals surface area contributed by atoms with Gasteiger partial charge >= 0.3 is 6.09 Å². The van der Waals surface area contributed by atoms with Crippen LogP contribution in [0.1, 0.15) is 59.3 Å². The van der Waals surface area contributed by atoms with Gasteiger partial charge in [-0.2, -0.15) is 0 Å². The van der Waals surface area contributed by atoms with Gasteiger partial charge in [0.2, 0.25) is 0 Å². The molecule has 0 aromatic carbocycles. The standard InChI is InChI=1S/C19H32N2O2/c1-19(2,3)23-18(22)21-9-4-5-14(8-10-21)20-17-15-12-6-7-13(11-12)16(15)17/h12-17,20H,4-11H2,1-3H3. The third-order valence-electron chi connectivity index (χ3n) is 6.54. The fourth-order valence-electron chi connectivity index (χ4n) is 5.59. The molecule has 1 N–H and O–H groups in total. The van der Waals surface area contributed by atoms with Crippen molar-refractivity contribution in [3.63, 3.8) is 0 Å². The summed E-state index contributed by atoms with van der Waals surface area (Å²) >= 11 is 0. The van der Waals surface area contributed by atoms with Crippen LogP contribution in [0.4, 0.5) is 4.79 Å². The topological polar surface area (TPSA) is 41.6 Å². The van der Waals surface area contributed by atoms with E-state index in [1.165, 1.54) is 25.7 Å². The Hall–Kier alpha value is -0.770. The summed E-state index contributed by atoms with van der Waals surface area (Å²) in [5, 5.41) is 3.96. The molecule has 5 unspecified atom stereocenters. The van der Waals surface area contributed by atoms with Crippen LogP contribution in [-0.2, 0) is 4.74 Å². The van der Waals surface area contributed by atoms with Gasteiger partial charge in [-0.15, -0.1) is 0 Å². The van der Waals surface area contributed by atoms with E-state index < -0.39 is 5.60 Å². The SMILES string of the molecule is CC(C)(C)OC(=O)N1CCCC(NC2C3C4CCC(C4)C23)CC1. The highest BCUT2D eigenvalue weighted by Crippen LogP contribution is 2.65. The molecule has 1 saturated heterocycles. The van der Waals surface area contributed by atoms with Crippen LogP contribution >= 0.6 is 0 Å². The van der Waals surface area contributed by atoms with Crippen molar-refractivity contribution >= 4 is 6.09 Å². The zero-order valence-corrected chi connectivity index (χ0v) is 14.9. The molecule has 4 nitrogen and oxygen atoms in total. The van der Waals surface area contributed by atoms with E-state index in [0.29, 0.717) is 6.04 Å². The molecular weight excluding hydrogens is 288 g/mol. The van der Waals surface area contributed by atoms with E-state index in [2.05, 4.69) is 5.32 Å². The summed E-state index contributed by atoms with van der Waals surface area (Å²) in [4.78, 5) is 14.2. The van der Waals surface area contributed by atoms with Crippen molar-refractivity contribution in [1.29, 1.82) is 0 Å². The molecule has 3 saturated carbocycles. The minimum Gasteiger partial charge on any atom is -0.444 e. The normalized spacial score (nSPS) is 42.3. The average Bonchev–Trinajstić information content (AvgIpc) is 2.93. The molecule has 0 aromatic rings. The number of ether oxygens (including phenoxy) is 1. The quantitative estimate of drug-likeness (QED) is 0.848. The summed E-state index contributed by atoms with van der Waals surface area (Å²) in [6.07, 6.45) is 7.72. The molecule has 0 radical (unpaired) electrons. The van der Waals surface area contributed by atoms with Gasteiger partial charge in [-0.1, -0.05) is 0 Å². The molecule has 3 aliphatic carbocycles. The Morgan fingerprint density at radius 3 is 2.39 bits per heavy atom. The van der Waals surface area contributed by atoms with Crippen LogP contribution in [0, 0.1) is 23.7 Å². The van der Waals surface area contributed by atoms with Gasteiger partial charge in [-0.3, -0.25) is 0 Å². The number of amides is 1. The van der Waals surface area contributed by atoms with E-state index in [4.69, 9.17) is 4.74 Å². The fourth-order valence-corrected chi connectivity index (χ4v) is 5.59. The number of likely N-dealkylation sites (tertiary alicyclic amines) is 1. The van der Waals surface area contributed by atoms with Crippen molar-refractivity contribution in [2.75, 3.05) is 13.1 Å². The smallest absolute Gasteiger partial charge is 0.410 e. The molecule has 130 valence electrons. The maximum absolute atomic E-state index is 12.2. The minimum absolute atomic E-state index is 0.139. The molecule has 1 heterocycles. The van der Waals surface area contributed by atoms with E-state index in [0.717, 1.165) is 55.6 Å². The van der Waals surface area contributed by atoms with Crippen LogP contribution in [0.25, 0.3) is 0 Å². The number of fused-ring (bicyclic) bond motifs is 5. The fraction of sp³-hybridized carbons (Fsp3) is 0.947. The maximum Gasteiger partial charge on any atom is 0.410 e. The Morgan fingerprint density at radius 1 is 1.04 bits per heavy atom. The van der Waals surface area contributed by atoms with E-state index >= 15 is 0 Å². The van der Waals surface area contributed by atoms with Crippen molar-refractivity contribution in [1.82, 2.24) is 10.2 Å². The van der Waals surface area contributed by atoms with Gasteiger partial charge in [0.25, 0.3) is 0 Å². The highest BCUT2D eigenvalue weighted by atomic mass is 16.6. The van der Waals surface area contributed by atoms with Gasteiger partial charge < -0.3 is 15.0 Å². The van der Waals surface area contributed by atoms with Gasteiger partial charge in [-0.25, -0.2) is 4.79 Å². The number of hydrogen-bond donors (Lipinski definition) is 1. The first-order chi connectivity index (χ1) is 10.9. The largest absolute Gasteiger partial charge is 0.444 e. The van der Waals surface area contributed by atoms with Crippen LogP contribution in [0.15, 0.2) is 0 Å². The van der Waals surface area contributed by atoms with Crippen molar-refractivity contribution < 1.29 is 9.53 Å². The number of nitrogens with zero attached hydrogens (tertiary/aromatic N) is 1. The zero-order valence-electron chi connectivity index (χ0n) is 14.9. The highest BCUT2D eigenvalue weighted by Gasteiger charge is 2.64. The van der Waals surface area contributed by atoms with Gasteiger partial charge in [-0.05, 0) is 83.0 Å². The van der Waals surface area contributed by atoms with Gasteiger partial charge in [0.05, 0.1) is 0 Å². The second-order valence-electron chi connectivity index (χ2n) is 9.28. The molecule has 5 atom stereocenters. The molecule has 4 fully saturated rings. The third kappa shape index (κ3) is 3.11. The Bertz CT molecular complexity index is 456. The van der Waals surface area contributed by atoms with Crippen LogP contribution in [0.5, 0.6) is 0 Å². The Labute approximate surface area is 140 Å². The van der Waals surface area contributed by atoms with Gasteiger partial charge in [0.1, 0.15) is 5.60 Å². The summed E-state index contributed by atoms with van der Waals surface area (Å²) in [6.45, 7) is 7.49. The van der Waals surface area contributed by atoms with Gasteiger partial charge in [0.15, 0.2) is 0 Å². The first-order valence-electron chi connectivity index (χ1n) is 9.66. The second-order valence-corrected chi connectivity index (χ2v) is 9.28. The van der Waals surface area contributed by atoms with Crippen molar-refractivity contribution in [2.24, 2.45) is 23.7 Å². The van der Waals surface area contributed by atoms with Crippen LogP contribution in [-0.4, -0.2) is 41.8 Å². The molecule has 1 aliphatic heterocycles. The van der Waals surface area contributed by atoms with Crippen molar-refractivity contribution in [3.8, 4) is 0 Å². The van der Waals surface area contributed by atoms with Crippen LogP contribution in [0.3, 0.4) is 0 Å². The molecule has 4 aliphatic rings. The number of hydrogen-bond acceptors (Lipinski definition) is 3. The maximum atomic E-state index is 12.2. The lowest BCUT2D eigenvalue weighted by atomic mass is 10.0. The lowest BCUT2D eigenvalue weighted by molar-refractivity contribution is 0.0256. The second kappa shape index (κ2) is 5.65. The predicted octanol–water partition coefficient (Wildman–Crippen LogP) is 3.41. The monoisotopic (exact) mass is 320 g/mol. The van der Waals surface area contributed by atoms with E-state index in [-0.39, 0.29) is 6.09 Å². The molecule has 0 spiro atoms. The number of carbonyl (C=O) groups excluding carboxylic acids is 1. The first kappa shape index (κ1) is 15.7. The number of nitrogens with one attached hydrogen (secondary N) is 1. The molecule has 0 aromatic heterocycles. The predicted molar refractivity (Wildman–Crippen MR) is 90.2 cm³/mol. The molecule has 4 heteroatoms. The lowest BCUT2D eigenvalue weighted by Crippen LogP contribution is -2.38. The summed E-state index contributed by atoms with van der Waals surface area (Å²) in [7, 11) is 0. The minimum atomic E-state index is -0.397. The average molecular weight is 320 g/mol. The summed E-state index contributed by atoms with van der Waals surface area (Å²) in [6, 6.07) is 1.40. The van der Waals surface area contributed by atoms with E-state index in [1.54, 1.807) is 0 Å². The van der Waals surface area contributed by atoms with E-state index in [1.807, 2.05) is 25.7 Å². The lowest BCUT2D eigenvalue weighted by Gasteiger charge is -2.26. The molecule has 1 amide bonds. The summed E-state index contributed by atoms with van der Waals surface area (Å²) in [5.41, 5.74) is -0.397. The summed E-state index contributed by atoms with van der Waals surface area (Å²) < 4.78 is 5.53. The highest BCUT2D eigenvalue weighted by molar-refractivity contribution is 5.68. The van der Waals surface area contributed by atoms with Gasteiger partial charge in [0, 0.05) is 25.2 Å². The number of carbonyl (C=O) groups is 1. The molecule has 4 rings (SSSR count). The van der Waals surface area contributed by atoms with E-state index in [9.17, 15) is 4.79 Å².